The molecule has 30 heavy (non-hydrogen) atoms. The fourth-order valence-corrected chi connectivity index (χ4v) is 4.29. The molecular formula is C25H30N4O. The summed E-state index contributed by atoms with van der Waals surface area (Å²) in [6.45, 7) is 3.08. The van der Waals surface area contributed by atoms with E-state index in [1.165, 1.54) is 29.7 Å². The van der Waals surface area contributed by atoms with Crippen LogP contribution in [0.5, 0.6) is 5.75 Å². The maximum absolute atomic E-state index is 5.35. The van der Waals surface area contributed by atoms with Crippen molar-refractivity contribution in [1.29, 1.82) is 0 Å². The molecule has 0 unspecified atom stereocenters. The molecule has 0 amide bonds. The molecule has 4 rings (SSSR count). The van der Waals surface area contributed by atoms with Crippen LogP contribution in [0.15, 0.2) is 60.8 Å². The first-order valence-corrected chi connectivity index (χ1v) is 10.7. The summed E-state index contributed by atoms with van der Waals surface area (Å²) in [6, 6.07) is 18.9. The van der Waals surface area contributed by atoms with Crippen molar-refractivity contribution in [3.8, 4) is 5.75 Å². The monoisotopic (exact) mass is 402 g/mol. The van der Waals surface area contributed by atoms with E-state index in [0.717, 1.165) is 43.3 Å². The van der Waals surface area contributed by atoms with Crippen LogP contribution in [0.25, 0.3) is 0 Å². The number of piperidine rings is 1. The largest absolute Gasteiger partial charge is 0.497 e. The third kappa shape index (κ3) is 4.97. The van der Waals surface area contributed by atoms with Crippen molar-refractivity contribution in [2.45, 2.75) is 31.7 Å². The Morgan fingerprint density at radius 2 is 2.03 bits per heavy atom. The molecule has 2 aromatic heterocycles. The van der Waals surface area contributed by atoms with E-state index < -0.39 is 0 Å². The first-order valence-electron chi connectivity index (χ1n) is 10.7. The second-order valence-corrected chi connectivity index (χ2v) is 7.92. The topological polar surface area (TPSA) is 50.3 Å². The standard InChI is InChI=1S/C25H30N4O/c1-26-25-21(8-5-13-27-25)18-29-14-6-9-20(17-29)24-12-4-10-22(28-24)15-19-7-3-11-23(16-19)30-2/h3-5,7-8,10-13,16,20H,6,9,14-15,17-18H2,1-2H3,(H,26,27)/t20-/m0/s1. The lowest BCUT2D eigenvalue weighted by Gasteiger charge is -2.33. The van der Waals surface area contributed by atoms with Gasteiger partial charge in [0.15, 0.2) is 0 Å². The number of hydrogen-bond donors (Lipinski definition) is 1. The van der Waals surface area contributed by atoms with Crippen LogP contribution in [-0.2, 0) is 13.0 Å². The van der Waals surface area contributed by atoms with Crippen molar-refractivity contribution >= 4 is 5.82 Å². The third-order valence-electron chi connectivity index (χ3n) is 5.79. The van der Waals surface area contributed by atoms with Crippen molar-refractivity contribution in [3.05, 3.63) is 83.3 Å². The molecule has 1 N–H and O–H groups in total. The highest BCUT2D eigenvalue weighted by Gasteiger charge is 2.23. The molecule has 0 bridgehead atoms. The minimum Gasteiger partial charge on any atom is -0.497 e. The first-order chi connectivity index (χ1) is 14.7. The zero-order valence-electron chi connectivity index (χ0n) is 17.8. The molecule has 156 valence electrons. The quantitative estimate of drug-likeness (QED) is 0.631. The predicted molar refractivity (Wildman–Crippen MR) is 121 cm³/mol. The number of pyridine rings is 2. The van der Waals surface area contributed by atoms with E-state index in [2.05, 4.69) is 51.6 Å². The van der Waals surface area contributed by atoms with Gasteiger partial charge >= 0.3 is 0 Å². The van der Waals surface area contributed by atoms with E-state index in [1.807, 2.05) is 31.4 Å². The maximum atomic E-state index is 5.35. The van der Waals surface area contributed by atoms with E-state index in [0.29, 0.717) is 5.92 Å². The van der Waals surface area contributed by atoms with Crippen LogP contribution in [0.4, 0.5) is 5.82 Å². The molecule has 3 aromatic rings. The SMILES string of the molecule is CNc1ncccc1CN1CCC[C@H](c2cccc(Cc3cccc(OC)c3)n2)C1. The zero-order chi connectivity index (χ0) is 20.8. The van der Waals surface area contributed by atoms with E-state index in [1.54, 1.807) is 7.11 Å². The second-order valence-electron chi connectivity index (χ2n) is 7.92. The summed E-state index contributed by atoms with van der Waals surface area (Å²) in [4.78, 5) is 12.0. The Morgan fingerprint density at radius 1 is 1.13 bits per heavy atom. The smallest absolute Gasteiger partial charge is 0.130 e. The Balaban J connectivity index is 1.45. The van der Waals surface area contributed by atoms with Crippen LogP contribution in [-0.4, -0.2) is 42.1 Å². The predicted octanol–water partition coefficient (Wildman–Crippen LogP) is 4.50. The van der Waals surface area contributed by atoms with Gasteiger partial charge in [-0.05, 0) is 55.3 Å². The van der Waals surface area contributed by atoms with Gasteiger partial charge in [-0.15, -0.1) is 0 Å². The van der Waals surface area contributed by atoms with Gasteiger partial charge in [0.2, 0.25) is 0 Å². The molecule has 1 fully saturated rings. The molecule has 1 atom stereocenters. The summed E-state index contributed by atoms with van der Waals surface area (Å²) in [5.41, 5.74) is 4.79. The minimum absolute atomic E-state index is 0.471. The van der Waals surface area contributed by atoms with Crippen molar-refractivity contribution in [3.63, 3.8) is 0 Å². The van der Waals surface area contributed by atoms with Crippen LogP contribution >= 0.6 is 0 Å². The Kier molecular flexibility index (Phi) is 6.60. The second kappa shape index (κ2) is 9.72. The molecule has 1 aromatic carbocycles. The van der Waals surface area contributed by atoms with Crippen molar-refractivity contribution < 1.29 is 4.74 Å². The molecule has 3 heterocycles. The van der Waals surface area contributed by atoms with Crippen molar-refractivity contribution in [2.75, 3.05) is 32.6 Å². The molecule has 0 spiro atoms. The lowest BCUT2D eigenvalue weighted by atomic mass is 9.93. The highest BCUT2D eigenvalue weighted by atomic mass is 16.5. The van der Waals surface area contributed by atoms with Gasteiger partial charge in [-0.25, -0.2) is 4.98 Å². The first kappa shape index (κ1) is 20.4. The number of aromatic nitrogens is 2. The number of hydrogen-bond acceptors (Lipinski definition) is 5. The summed E-state index contributed by atoms with van der Waals surface area (Å²) in [5, 5.41) is 3.21. The van der Waals surface area contributed by atoms with Gasteiger partial charge in [-0.2, -0.15) is 0 Å². The van der Waals surface area contributed by atoms with Gasteiger partial charge in [-0.1, -0.05) is 24.3 Å². The lowest BCUT2D eigenvalue weighted by molar-refractivity contribution is 0.198. The fourth-order valence-electron chi connectivity index (χ4n) is 4.29. The lowest BCUT2D eigenvalue weighted by Crippen LogP contribution is -2.34. The van der Waals surface area contributed by atoms with Crippen LogP contribution < -0.4 is 10.1 Å². The summed E-state index contributed by atoms with van der Waals surface area (Å²) in [5.74, 6) is 2.33. The minimum atomic E-state index is 0.471. The van der Waals surface area contributed by atoms with Crippen molar-refractivity contribution in [1.82, 2.24) is 14.9 Å². The van der Waals surface area contributed by atoms with E-state index in [9.17, 15) is 0 Å². The van der Waals surface area contributed by atoms with E-state index in [-0.39, 0.29) is 0 Å². The molecule has 0 radical (unpaired) electrons. The Hall–Kier alpha value is -2.92. The van der Waals surface area contributed by atoms with Crippen molar-refractivity contribution in [2.24, 2.45) is 0 Å². The number of nitrogens with zero attached hydrogens (tertiary/aromatic N) is 3. The number of benzene rings is 1. The van der Waals surface area contributed by atoms with Crippen LogP contribution in [0.1, 0.15) is 41.3 Å². The molecule has 1 saturated heterocycles. The van der Waals surface area contributed by atoms with Gasteiger partial charge in [0.05, 0.1) is 7.11 Å². The average Bonchev–Trinajstić information content (AvgIpc) is 2.80. The van der Waals surface area contributed by atoms with Gasteiger partial charge in [0, 0.05) is 55.6 Å². The number of anilines is 1. The average molecular weight is 403 g/mol. The number of methoxy groups -OCH3 is 1. The molecule has 1 aliphatic rings. The summed E-state index contributed by atoms with van der Waals surface area (Å²) in [7, 11) is 3.64. The molecule has 1 aliphatic heterocycles. The number of ether oxygens (including phenoxy) is 1. The van der Waals surface area contributed by atoms with Crippen LogP contribution in [0, 0.1) is 0 Å². The molecule has 5 heteroatoms. The zero-order valence-corrected chi connectivity index (χ0v) is 17.8. The normalized spacial score (nSPS) is 16.9. The third-order valence-corrected chi connectivity index (χ3v) is 5.79. The molecular weight excluding hydrogens is 372 g/mol. The summed E-state index contributed by atoms with van der Waals surface area (Å²) >= 11 is 0. The number of nitrogens with one attached hydrogen (secondary N) is 1. The number of rotatable bonds is 7. The van der Waals surface area contributed by atoms with Gasteiger partial charge < -0.3 is 10.1 Å². The van der Waals surface area contributed by atoms with Gasteiger partial charge in [0.1, 0.15) is 11.6 Å². The van der Waals surface area contributed by atoms with Crippen LogP contribution in [0.2, 0.25) is 0 Å². The molecule has 5 nitrogen and oxygen atoms in total. The molecule has 0 aliphatic carbocycles. The Bertz CT molecular complexity index is 975. The summed E-state index contributed by atoms with van der Waals surface area (Å²) in [6.07, 6.45) is 5.05. The summed E-state index contributed by atoms with van der Waals surface area (Å²) < 4.78 is 5.35. The molecule has 0 saturated carbocycles. The van der Waals surface area contributed by atoms with E-state index in [4.69, 9.17) is 9.72 Å². The van der Waals surface area contributed by atoms with Crippen LogP contribution in [0.3, 0.4) is 0 Å². The fraction of sp³-hybridized carbons (Fsp3) is 0.360. The highest BCUT2D eigenvalue weighted by Crippen LogP contribution is 2.28. The Labute approximate surface area is 179 Å². The van der Waals surface area contributed by atoms with E-state index >= 15 is 0 Å². The highest BCUT2D eigenvalue weighted by molar-refractivity contribution is 5.42. The van der Waals surface area contributed by atoms with Gasteiger partial charge in [-0.3, -0.25) is 9.88 Å². The number of likely N-dealkylation sites (tertiary alicyclic amines) is 1. The Morgan fingerprint density at radius 3 is 2.90 bits per heavy atom. The van der Waals surface area contributed by atoms with Gasteiger partial charge in [0.25, 0.3) is 0 Å². The maximum Gasteiger partial charge on any atom is 0.130 e.